The number of rotatable bonds is 6. The van der Waals surface area contributed by atoms with Crippen molar-refractivity contribution in [3.63, 3.8) is 0 Å². The lowest BCUT2D eigenvalue weighted by Crippen LogP contribution is -2.42. The number of aromatic nitrogens is 1. The number of hydrogen-bond donors (Lipinski definition) is 2. The molecular weight excluding hydrogens is 407 g/mol. The van der Waals surface area contributed by atoms with Crippen molar-refractivity contribution in [2.75, 3.05) is 13.6 Å². The maximum atomic E-state index is 4.45. The molecule has 0 aromatic carbocycles. The Hall–Kier alpha value is -0.370. The van der Waals surface area contributed by atoms with Gasteiger partial charge in [-0.05, 0) is 31.6 Å². The van der Waals surface area contributed by atoms with E-state index in [1.54, 1.807) is 11.3 Å². The standard InChI is InChI=1S/C16H30N4S.HI/c1-11(2)8-16(5,6)10-19-15(17-7)18-9-14-12(3)20-13(4)21-14;/h11H,8-10H2,1-7H3,(H2,17,18,19);1H. The van der Waals surface area contributed by atoms with Crippen molar-refractivity contribution in [3.8, 4) is 0 Å². The molecule has 6 heteroatoms. The Morgan fingerprint density at radius 1 is 1.27 bits per heavy atom. The highest BCUT2D eigenvalue weighted by atomic mass is 127. The van der Waals surface area contributed by atoms with E-state index in [-0.39, 0.29) is 29.4 Å². The van der Waals surface area contributed by atoms with Crippen molar-refractivity contribution in [2.24, 2.45) is 16.3 Å². The summed E-state index contributed by atoms with van der Waals surface area (Å²) >= 11 is 1.74. The van der Waals surface area contributed by atoms with Crippen LogP contribution in [0.15, 0.2) is 4.99 Å². The van der Waals surface area contributed by atoms with Crippen LogP contribution in [0.4, 0.5) is 0 Å². The molecule has 0 spiro atoms. The molecule has 0 aliphatic carbocycles. The molecule has 0 saturated carbocycles. The molecule has 1 heterocycles. The van der Waals surface area contributed by atoms with Crippen molar-refractivity contribution in [1.29, 1.82) is 0 Å². The first-order valence-electron chi connectivity index (χ1n) is 7.61. The number of halogens is 1. The molecule has 4 nitrogen and oxygen atoms in total. The van der Waals surface area contributed by atoms with Crippen LogP contribution < -0.4 is 10.6 Å². The van der Waals surface area contributed by atoms with E-state index in [9.17, 15) is 0 Å². The molecular formula is C16H31IN4S. The number of hydrogen-bond acceptors (Lipinski definition) is 3. The minimum Gasteiger partial charge on any atom is -0.356 e. The first-order valence-corrected chi connectivity index (χ1v) is 8.42. The van der Waals surface area contributed by atoms with Crippen molar-refractivity contribution in [3.05, 3.63) is 15.6 Å². The van der Waals surface area contributed by atoms with Gasteiger partial charge in [0.25, 0.3) is 0 Å². The second kappa shape index (κ2) is 9.70. The van der Waals surface area contributed by atoms with Crippen molar-refractivity contribution in [2.45, 2.75) is 54.5 Å². The molecule has 0 bridgehead atoms. The number of guanidine groups is 1. The van der Waals surface area contributed by atoms with E-state index >= 15 is 0 Å². The van der Waals surface area contributed by atoms with Gasteiger partial charge in [0.05, 0.1) is 17.2 Å². The highest BCUT2D eigenvalue weighted by Gasteiger charge is 2.19. The van der Waals surface area contributed by atoms with E-state index in [1.807, 2.05) is 14.0 Å². The van der Waals surface area contributed by atoms with Gasteiger partial charge in [-0.2, -0.15) is 0 Å². The summed E-state index contributed by atoms with van der Waals surface area (Å²) in [7, 11) is 1.82. The summed E-state index contributed by atoms with van der Waals surface area (Å²) in [5, 5.41) is 7.93. The van der Waals surface area contributed by atoms with Crippen LogP contribution in [0, 0.1) is 25.2 Å². The number of aliphatic imine (C=N–C) groups is 1. The minimum absolute atomic E-state index is 0. The van der Waals surface area contributed by atoms with Crippen molar-refractivity contribution in [1.82, 2.24) is 15.6 Å². The summed E-state index contributed by atoms with van der Waals surface area (Å²) in [5.41, 5.74) is 1.38. The van der Waals surface area contributed by atoms with Gasteiger partial charge < -0.3 is 10.6 Å². The molecule has 0 saturated heterocycles. The minimum atomic E-state index is 0. The van der Waals surface area contributed by atoms with E-state index in [1.165, 1.54) is 11.3 Å². The third-order valence-corrected chi connectivity index (χ3v) is 4.41. The molecule has 0 amide bonds. The van der Waals surface area contributed by atoms with Crippen LogP contribution >= 0.6 is 35.3 Å². The molecule has 0 aliphatic heterocycles. The lowest BCUT2D eigenvalue weighted by atomic mass is 9.84. The second-order valence-corrected chi connectivity index (χ2v) is 8.07. The third-order valence-electron chi connectivity index (χ3n) is 3.33. The summed E-state index contributed by atoms with van der Waals surface area (Å²) in [6.07, 6.45) is 1.20. The topological polar surface area (TPSA) is 49.3 Å². The lowest BCUT2D eigenvalue weighted by molar-refractivity contribution is 0.286. The van der Waals surface area contributed by atoms with Gasteiger partial charge >= 0.3 is 0 Å². The fourth-order valence-corrected chi connectivity index (χ4v) is 3.50. The van der Waals surface area contributed by atoms with E-state index in [0.29, 0.717) is 5.92 Å². The predicted molar refractivity (Wildman–Crippen MR) is 108 cm³/mol. The van der Waals surface area contributed by atoms with Crippen LogP contribution in [0.5, 0.6) is 0 Å². The zero-order chi connectivity index (χ0) is 16.0. The Morgan fingerprint density at radius 3 is 2.36 bits per heavy atom. The van der Waals surface area contributed by atoms with Gasteiger partial charge in [-0.1, -0.05) is 27.7 Å². The average molecular weight is 438 g/mol. The summed E-state index contributed by atoms with van der Waals surface area (Å²) in [5.74, 6) is 1.57. The number of aryl methyl sites for hydroxylation is 2. The summed E-state index contributed by atoms with van der Waals surface area (Å²) in [6.45, 7) is 14.9. The van der Waals surface area contributed by atoms with Crippen LogP contribution in [0.3, 0.4) is 0 Å². The third kappa shape index (κ3) is 7.76. The maximum Gasteiger partial charge on any atom is 0.191 e. The van der Waals surface area contributed by atoms with Gasteiger partial charge in [-0.15, -0.1) is 35.3 Å². The average Bonchev–Trinajstić information content (AvgIpc) is 2.66. The van der Waals surface area contributed by atoms with Crippen LogP contribution in [-0.2, 0) is 6.54 Å². The van der Waals surface area contributed by atoms with Gasteiger partial charge in [-0.25, -0.2) is 4.98 Å². The van der Waals surface area contributed by atoms with Gasteiger partial charge in [0.2, 0.25) is 0 Å². The largest absolute Gasteiger partial charge is 0.356 e. The summed E-state index contributed by atoms with van der Waals surface area (Å²) in [6, 6.07) is 0. The molecule has 128 valence electrons. The molecule has 0 aliphatic rings. The monoisotopic (exact) mass is 438 g/mol. The van der Waals surface area contributed by atoms with E-state index in [4.69, 9.17) is 0 Å². The molecule has 1 rings (SSSR count). The maximum absolute atomic E-state index is 4.45. The molecule has 0 fully saturated rings. The molecule has 2 N–H and O–H groups in total. The van der Waals surface area contributed by atoms with Crippen LogP contribution in [-0.4, -0.2) is 24.5 Å². The molecule has 1 aromatic heterocycles. The molecule has 0 radical (unpaired) electrons. The normalized spacial score (nSPS) is 12.3. The van der Waals surface area contributed by atoms with Crippen molar-refractivity contribution >= 4 is 41.3 Å². The Kier molecular flexibility index (Phi) is 9.54. The van der Waals surface area contributed by atoms with E-state index < -0.39 is 0 Å². The smallest absolute Gasteiger partial charge is 0.191 e. The number of nitrogens with zero attached hydrogens (tertiary/aromatic N) is 2. The van der Waals surface area contributed by atoms with E-state index in [2.05, 4.69) is 55.2 Å². The Morgan fingerprint density at radius 2 is 1.91 bits per heavy atom. The molecule has 0 atom stereocenters. The molecule has 1 aromatic rings. The zero-order valence-electron chi connectivity index (χ0n) is 14.9. The Bertz CT molecular complexity index is 480. The Balaban J connectivity index is 0.00000441. The number of nitrogens with one attached hydrogen (secondary N) is 2. The highest BCUT2D eigenvalue weighted by molar-refractivity contribution is 14.0. The lowest BCUT2D eigenvalue weighted by Gasteiger charge is -2.27. The van der Waals surface area contributed by atoms with Crippen LogP contribution in [0.1, 0.15) is 49.7 Å². The highest BCUT2D eigenvalue weighted by Crippen LogP contribution is 2.24. The van der Waals surface area contributed by atoms with E-state index in [0.717, 1.165) is 29.8 Å². The summed E-state index contributed by atoms with van der Waals surface area (Å²) in [4.78, 5) is 10.0. The quantitative estimate of drug-likeness (QED) is 0.399. The van der Waals surface area contributed by atoms with Crippen molar-refractivity contribution < 1.29 is 0 Å². The van der Waals surface area contributed by atoms with Crippen LogP contribution in [0.2, 0.25) is 0 Å². The van der Waals surface area contributed by atoms with Gasteiger partial charge in [0.15, 0.2) is 5.96 Å². The Labute approximate surface area is 156 Å². The summed E-state index contributed by atoms with van der Waals surface area (Å²) < 4.78 is 0. The zero-order valence-corrected chi connectivity index (χ0v) is 18.1. The van der Waals surface area contributed by atoms with Gasteiger partial charge in [0.1, 0.15) is 0 Å². The van der Waals surface area contributed by atoms with Gasteiger partial charge in [0, 0.05) is 18.5 Å². The SMILES string of the molecule is CN=C(NCc1sc(C)nc1C)NCC(C)(C)CC(C)C.I. The number of thiazole rings is 1. The molecule has 22 heavy (non-hydrogen) atoms. The second-order valence-electron chi connectivity index (χ2n) is 6.78. The fourth-order valence-electron chi connectivity index (χ4n) is 2.62. The predicted octanol–water partition coefficient (Wildman–Crippen LogP) is 4.12. The first kappa shape index (κ1) is 21.6. The van der Waals surface area contributed by atoms with Gasteiger partial charge in [-0.3, -0.25) is 4.99 Å². The van der Waals surface area contributed by atoms with Crippen LogP contribution in [0.25, 0.3) is 0 Å². The first-order chi connectivity index (χ1) is 9.73. The fraction of sp³-hybridized carbons (Fsp3) is 0.750. The molecule has 0 unspecified atom stereocenters.